The normalized spacial score (nSPS) is 10.3. The summed E-state index contributed by atoms with van der Waals surface area (Å²) in [5.41, 5.74) is 0.834. The molecule has 0 aliphatic heterocycles. The summed E-state index contributed by atoms with van der Waals surface area (Å²) in [6.07, 6.45) is 0. The molecule has 2 rings (SSSR count). The minimum absolute atomic E-state index is 0.305. The van der Waals surface area contributed by atoms with Crippen LogP contribution in [0.3, 0.4) is 0 Å². The quantitative estimate of drug-likeness (QED) is 0.713. The van der Waals surface area contributed by atoms with Gasteiger partial charge >= 0.3 is 0 Å². The smallest absolute Gasteiger partial charge is 0.133 e. The summed E-state index contributed by atoms with van der Waals surface area (Å²) in [4.78, 5) is 0. The fourth-order valence-corrected chi connectivity index (χ4v) is 1.75. The van der Waals surface area contributed by atoms with Crippen molar-refractivity contribution in [1.82, 2.24) is 0 Å². The van der Waals surface area contributed by atoms with Crippen LogP contribution < -0.4 is 4.74 Å². The molecule has 0 aliphatic rings. The molecule has 2 aromatic carbocycles. The molecule has 0 bridgehead atoms. The number of hydrogen-bond acceptors (Lipinski definition) is 1. The Bertz CT molecular complexity index is 511. The van der Waals surface area contributed by atoms with Crippen LogP contribution in [-0.2, 0) is 5.88 Å². The van der Waals surface area contributed by atoms with E-state index in [0.717, 1.165) is 5.56 Å². The second-order valence-corrected chi connectivity index (χ2v) is 4.15. The zero-order chi connectivity index (χ0) is 12.3. The highest BCUT2D eigenvalue weighted by atomic mass is 35.5. The van der Waals surface area contributed by atoms with Crippen LogP contribution in [0.15, 0.2) is 42.5 Å². The Labute approximate surface area is 109 Å². The topological polar surface area (TPSA) is 9.23 Å². The van der Waals surface area contributed by atoms with Gasteiger partial charge in [0, 0.05) is 10.6 Å². The number of halogens is 3. The monoisotopic (exact) mass is 270 g/mol. The molecule has 0 spiro atoms. The molecule has 0 fully saturated rings. The maximum atomic E-state index is 12.7. The van der Waals surface area contributed by atoms with E-state index in [1.807, 2.05) is 0 Å². The molecule has 0 saturated heterocycles. The van der Waals surface area contributed by atoms with Gasteiger partial charge in [-0.05, 0) is 36.4 Å². The van der Waals surface area contributed by atoms with Crippen LogP contribution in [0.5, 0.6) is 11.5 Å². The maximum Gasteiger partial charge on any atom is 0.133 e. The first-order valence-electron chi connectivity index (χ1n) is 4.97. The summed E-state index contributed by atoms with van der Waals surface area (Å²) in [6, 6.07) is 11.0. The van der Waals surface area contributed by atoms with Crippen molar-refractivity contribution in [2.45, 2.75) is 5.88 Å². The molecule has 0 saturated carbocycles. The minimum Gasteiger partial charge on any atom is -0.457 e. The summed E-state index contributed by atoms with van der Waals surface area (Å²) in [7, 11) is 0. The van der Waals surface area contributed by atoms with E-state index in [0.29, 0.717) is 22.4 Å². The van der Waals surface area contributed by atoms with E-state index in [-0.39, 0.29) is 5.82 Å². The van der Waals surface area contributed by atoms with Crippen LogP contribution in [0.1, 0.15) is 5.56 Å². The fraction of sp³-hybridized carbons (Fsp3) is 0.0769. The third-order valence-electron chi connectivity index (χ3n) is 2.21. The van der Waals surface area contributed by atoms with Crippen LogP contribution in [0.2, 0.25) is 5.02 Å². The lowest BCUT2D eigenvalue weighted by Gasteiger charge is -2.09. The molecule has 2 aromatic rings. The molecule has 0 unspecified atom stereocenters. The first-order valence-corrected chi connectivity index (χ1v) is 5.88. The zero-order valence-corrected chi connectivity index (χ0v) is 10.3. The first kappa shape index (κ1) is 12.2. The zero-order valence-electron chi connectivity index (χ0n) is 8.79. The van der Waals surface area contributed by atoms with Crippen LogP contribution in [0.25, 0.3) is 0 Å². The number of ether oxygens (including phenoxy) is 1. The summed E-state index contributed by atoms with van der Waals surface area (Å²) in [5.74, 6) is 1.15. The average molecular weight is 271 g/mol. The molecule has 0 atom stereocenters. The van der Waals surface area contributed by atoms with E-state index < -0.39 is 0 Å². The van der Waals surface area contributed by atoms with E-state index >= 15 is 0 Å². The van der Waals surface area contributed by atoms with Gasteiger partial charge in [0.2, 0.25) is 0 Å². The SMILES string of the molecule is Fc1ccc(Oc2cc(Cl)ccc2CCl)cc1. The van der Waals surface area contributed by atoms with Gasteiger partial charge in [-0.3, -0.25) is 0 Å². The summed E-state index contributed by atoms with van der Waals surface area (Å²) >= 11 is 11.7. The summed E-state index contributed by atoms with van der Waals surface area (Å²) < 4.78 is 18.3. The molecule has 0 radical (unpaired) electrons. The van der Waals surface area contributed by atoms with Crippen molar-refractivity contribution < 1.29 is 9.13 Å². The van der Waals surface area contributed by atoms with Crippen LogP contribution in [0, 0.1) is 5.82 Å². The van der Waals surface area contributed by atoms with Gasteiger partial charge in [0.15, 0.2) is 0 Å². The molecule has 0 aliphatic carbocycles. The maximum absolute atomic E-state index is 12.7. The Kier molecular flexibility index (Phi) is 3.87. The van der Waals surface area contributed by atoms with Crippen molar-refractivity contribution in [1.29, 1.82) is 0 Å². The van der Waals surface area contributed by atoms with E-state index in [1.54, 1.807) is 30.3 Å². The van der Waals surface area contributed by atoms with Gasteiger partial charge in [-0.25, -0.2) is 4.39 Å². The number of alkyl halides is 1. The van der Waals surface area contributed by atoms with Crippen molar-refractivity contribution >= 4 is 23.2 Å². The lowest BCUT2D eigenvalue weighted by Crippen LogP contribution is -1.89. The van der Waals surface area contributed by atoms with Crippen LogP contribution >= 0.6 is 23.2 Å². The fourth-order valence-electron chi connectivity index (χ4n) is 1.36. The standard InChI is InChI=1S/C13H9Cl2FO/c14-8-9-1-2-10(15)7-13(9)17-12-5-3-11(16)4-6-12/h1-7H,8H2. The third-order valence-corrected chi connectivity index (χ3v) is 2.74. The number of hydrogen-bond donors (Lipinski definition) is 0. The molecular weight excluding hydrogens is 262 g/mol. The molecular formula is C13H9Cl2FO. The van der Waals surface area contributed by atoms with Crippen LogP contribution in [0.4, 0.5) is 4.39 Å². The predicted octanol–water partition coefficient (Wildman–Crippen LogP) is 5.01. The highest BCUT2D eigenvalue weighted by Crippen LogP contribution is 2.29. The van der Waals surface area contributed by atoms with E-state index in [2.05, 4.69) is 0 Å². The highest BCUT2D eigenvalue weighted by molar-refractivity contribution is 6.30. The highest BCUT2D eigenvalue weighted by Gasteiger charge is 2.05. The minimum atomic E-state index is -0.305. The second kappa shape index (κ2) is 5.39. The van der Waals surface area contributed by atoms with Gasteiger partial charge in [-0.1, -0.05) is 17.7 Å². The van der Waals surface area contributed by atoms with Gasteiger partial charge in [0.1, 0.15) is 17.3 Å². The largest absolute Gasteiger partial charge is 0.457 e. The predicted molar refractivity (Wildman–Crippen MR) is 67.5 cm³/mol. The Morgan fingerprint density at radius 2 is 1.76 bits per heavy atom. The van der Waals surface area contributed by atoms with Crippen molar-refractivity contribution in [3.8, 4) is 11.5 Å². The Morgan fingerprint density at radius 3 is 2.41 bits per heavy atom. The van der Waals surface area contributed by atoms with Gasteiger partial charge < -0.3 is 4.74 Å². The van der Waals surface area contributed by atoms with Crippen molar-refractivity contribution in [3.63, 3.8) is 0 Å². The molecule has 0 heterocycles. The number of rotatable bonds is 3. The van der Waals surface area contributed by atoms with Crippen molar-refractivity contribution in [2.24, 2.45) is 0 Å². The first-order chi connectivity index (χ1) is 8.19. The second-order valence-electron chi connectivity index (χ2n) is 3.44. The summed E-state index contributed by atoms with van der Waals surface area (Å²) in [5, 5.41) is 0.566. The molecule has 4 heteroatoms. The van der Waals surface area contributed by atoms with Gasteiger partial charge in [0.05, 0.1) is 5.88 Å². The van der Waals surface area contributed by atoms with Crippen molar-refractivity contribution in [3.05, 3.63) is 58.9 Å². The summed E-state index contributed by atoms with van der Waals surface area (Å²) in [6.45, 7) is 0. The van der Waals surface area contributed by atoms with Gasteiger partial charge in [-0.15, -0.1) is 11.6 Å². The Morgan fingerprint density at radius 1 is 1.06 bits per heavy atom. The van der Waals surface area contributed by atoms with Gasteiger partial charge in [0.25, 0.3) is 0 Å². The third kappa shape index (κ3) is 3.11. The molecule has 17 heavy (non-hydrogen) atoms. The lowest BCUT2D eigenvalue weighted by atomic mass is 10.2. The number of benzene rings is 2. The van der Waals surface area contributed by atoms with Gasteiger partial charge in [-0.2, -0.15) is 0 Å². The van der Waals surface area contributed by atoms with Crippen LogP contribution in [-0.4, -0.2) is 0 Å². The van der Waals surface area contributed by atoms with E-state index in [4.69, 9.17) is 27.9 Å². The molecule has 88 valence electrons. The molecule has 0 amide bonds. The lowest BCUT2D eigenvalue weighted by molar-refractivity contribution is 0.476. The Hall–Kier alpha value is -1.25. The van der Waals surface area contributed by atoms with Crippen molar-refractivity contribution in [2.75, 3.05) is 0 Å². The van der Waals surface area contributed by atoms with E-state index in [1.165, 1.54) is 12.1 Å². The molecule has 1 nitrogen and oxygen atoms in total. The van der Waals surface area contributed by atoms with E-state index in [9.17, 15) is 4.39 Å². The molecule has 0 aromatic heterocycles. The average Bonchev–Trinajstić information content (AvgIpc) is 2.32. The Balaban J connectivity index is 2.28. The molecule has 0 N–H and O–H groups in total.